The molecule has 130 heavy (non-hydrogen) atoms. The second-order valence-corrected chi connectivity index (χ2v) is 42.0. The van der Waals surface area contributed by atoms with Gasteiger partial charge in [0.15, 0.2) is 0 Å². The Morgan fingerprint density at radius 3 is 0.954 bits per heavy atom. The molecule has 4 saturated heterocycles. The molecule has 4 aromatic carbocycles. The van der Waals surface area contributed by atoms with Crippen molar-refractivity contribution in [3.63, 3.8) is 0 Å². The zero-order valence-corrected chi connectivity index (χ0v) is 79.7. The molecular weight excluding hydrogens is 1630 g/mol. The lowest BCUT2D eigenvalue weighted by Gasteiger charge is -2.38. The van der Waals surface area contributed by atoms with Crippen molar-refractivity contribution in [2.45, 2.75) is 268 Å². The number of anilines is 4. The summed E-state index contributed by atoms with van der Waals surface area (Å²) in [7, 11) is 7.34. The van der Waals surface area contributed by atoms with E-state index in [9.17, 15) is 28.8 Å². The fourth-order valence-electron chi connectivity index (χ4n) is 21.6. The molecule has 0 spiro atoms. The van der Waals surface area contributed by atoms with Crippen molar-refractivity contribution in [1.82, 2.24) is 80.3 Å². The summed E-state index contributed by atoms with van der Waals surface area (Å²) in [6.45, 7) is 32.8. The van der Waals surface area contributed by atoms with Gasteiger partial charge in [0.05, 0.1) is 34.9 Å². The molecule has 8 aliphatic rings. The number of H-pyrrole nitrogens is 8. The normalized spacial score (nSPS) is 19.7. The highest BCUT2D eigenvalue weighted by Crippen LogP contribution is 2.45. The van der Waals surface area contributed by atoms with Crippen LogP contribution in [0.15, 0.2) is 97.1 Å². The van der Waals surface area contributed by atoms with E-state index in [-0.39, 0.29) is 47.5 Å². The first kappa shape index (κ1) is 90.6. The molecule has 0 radical (unpaired) electrons. The van der Waals surface area contributed by atoms with E-state index in [2.05, 4.69) is 181 Å². The van der Waals surface area contributed by atoms with Crippen LogP contribution in [0.1, 0.15) is 231 Å². The second-order valence-electron chi connectivity index (χ2n) is 42.0. The van der Waals surface area contributed by atoms with Gasteiger partial charge in [-0.1, -0.05) is 92.5 Å². The minimum absolute atomic E-state index is 0.0643. The van der Waals surface area contributed by atoms with Gasteiger partial charge in [0, 0.05) is 172 Å². The predicted octanol–water partition coefficient (Wildman–Crippen LogP) is 18.7. The Labute approximate surface area is 764 Å². The van der Waals surface area contributed by atoms with Crippen molar-refractivity contribution in [1.29, 1.82) is 0 Å². The van der Waals surface area contributed by atoms with Crippen molar-refractivity contribution in [3.05, 3.63) is 142 Å². The Balaban J connectivity index is 0.000000121. The van der Waals surface area contributed by atoms with Gasteiger partial charge in [0.1, 0.15) is 34.9 Å². The molecule has 4 aliphatic carbocycles. The highest BCUT2D eigenvalue weighted by molar-refractivity contribution is 6.04. The fraction of sp³-hybridized carbons (Fsp3) is 0.519. The summed E-state index contributed by atoms with van der Waals surface area (Å²) in [6, 6.07) is 32.4. The van der Waals surface area contributed by atoms with E-state index in [1.807, 2.05) is 95.2 Å². The summed E-state index contributed by atoms with van der Waals surface area (Å²) < 4.78 is 0. The lowest BCUT2D eigenvalue weighted by molar-refractivity contribution is -0.140. The molecule has 20 rings (SSSR count). The molecule has 4 unspecified atom stereocenters. The number of nitrogens with one attached hydrogen (secondary N) is 8. The van der Waals surface area contributed by atoms with Gasteiger partial charge in [-0.3, -0.25) is 59.0 Å². The van der Waals surface area contributed by atoms with Crippen LogP contribution in [-0.2, 0) is 80.1 Å². The molecule has 12 heterocycles. The van der Waals surface area contributed by atoms with Gasteiger partial charge in [0.25, 0.3) is 0 Å². The average Bonchev–Trinajstić information content (AvgIpc) is 1.64. The smallest absolute Gasteiger partial charge is 0.249 e. The van der Waals surface area contributed by atoms with Crippen LogP contribution < -0.4 is 19.6 Å². The first-order chi connectivity index (χ1) is 62.0. The standard InChI is InChI=1S/C27H37N5O.C26H33N5O2.C26H35N5O.C25H31N5O2/c1-17-8-6-7-13-32(17)18(2)26(33)31(5)20-10-9-19-14-23(28-22(19)15-20)25-21-11-12-27(3,4)16-24(21)29-30-25;1-16(31-12-6-5-7-23(31)32)25(33)30(4)18-9-8-17-13-21(27-20(17)14-18)24-19-10-11-26(2,3)15-22(19)28-29-24;1-17(31-12-6-5-7-13-31)25(32)30(4)19-9-8-18-14-22(27-21(18)15-19)24-20-10-11-26(2,3)16-23(20)28-29-24;1-15(30-11-5-6-22(30)31)24(32)29(4)17-8-7-16-12-20(26-19(16)13-17)23-18-9-10-25(2,3)14-21(18)27-28-23/h9-10,14-15,17-18,28H,6-8,11-13,16H2,1-5H3,(H,29,30);8-9,13-14,16,27H,5-7,10-12,15H2,1-4H3,(H,28,29);8-9,14-15,17,27H,5-7,10-13,16H2,1-4H3,(H,28,29);7-8,12-13,15,26H,5-6,9-11,14H2,1-4H3,(H,27,28)/t;;17-;/m..1./s1. The van der Waals surface area contributed by atoms with E-state index >= 15 is 0 Å². The summed E-state index contributed by atoms with van der Waals surface area (Å²) in [5.41, 5.74) is 27.2. The van der Waals surface area contributed by atoms with Crippen LogP contribution in [0.25, 0.3) is 89.2 Å². The van der Waals surface area contributed by atoms with E-state index < -0.39 is 12.1 Å². The number of carbonyl (C=O) groups is 6. The van der Waals surface area contributed by atoms with E-state index in [4.69, 9.17) is 0 Å². The molecule has 12 aromatic rings. The monoisotopic (exact) mass is 1760 g/mol. The van der Waals surface area contributed by atoms with Crippen LogP contribution in [0.2, 0.25) is 0 Å². The minimum Gasteiger partial charge on any atom is -0.353 e. The van der Waals surface area contributed by atoms with Crippen LogP contribution in [0.4, 0.5) is 22.7 Å². The van der Waals surface area contributed by atoms with Gasteiger partial charge in [-0.2, -0.15) is 20.4 Å². The molecule has 5 atom stereocenters. The number of nitrogens with zero attached hydrogens (tertiary/aromatic N) is 12. The summed E-state index contributed by atoms with van der Waals surface area (Å²) in [6.07, 6.45) is 24.0. The van der Waals surface area contributed by atoms with Crippen LogP contribution >= 0.6 is 0 Å². The van der Waals surface area contributed by atoms with Gasteiger partial charge >= 0.3 is 0 Å². The average molecular weight is 1760 g/mol. The molecule has 26 nitrogen and oxygen atoms in total. The summed E-state index contributed by atoms with van der Waals surface area (Å²) >= 11 is 0. The number of hydrogen-bond acceptors (Lipinski definition) is 12. The van der Waals surface area contributed by atoms with E-state index in [0.29, 0.717) is 53.6 Å². The second kappa shape index (κ2) is 36.4. The van der Waals surface area contributed by atoms with Crippen molar-refractivity contribution in [3.8, 4) is 45.6 Å². The minimum atomic E-state index is -0.461. The highest BCUT2D eigenvalue weighted by Gasteiger charge is 2.39. The Morgan fingerprint density at radius 2 is 0.646 bits per heavy atom. The quantitative estimate of drug-likeness (QED) is 0.0448. The molecule has 8 aromatic heterocycles. The molecule has 4 aliphatic heterocycles. The predicted molar refractivity (Wildman–Crippen MR) is 520 cm³/mol. The van der Waals surface area contributed by atoms with Crippen LogP contribution in [0, 0.1) is 21.7 Å². The lowest BCUT2D eigenvalue weighted by Crippen LogP contribution is -2.51. The fourth-order valence-corrected chi connectivity index (χ4v) is 21.6. The number of likely N-dealkylation sites (N-methyl/N-ethyl adjacent to an activating group) is 4. The van der Waals surface area contributed by atoms with E-state index in [1.54, 1.807) is 38.6 Å². The summed E-state index contributed by atoms with van der Waals surface area (Å²) in [5.74, 6) is 0.303. The topological polar surface area (TPSA) is 306 Å². The SMILES string of the molecule is CC(C(=O)N(C)c1ccc2cc(-c3n[nH]c4c3CCC(C)(C)C4)[nH]c2c1)N1CCCC1=O.CC(C(=O)N(C)c1ccc2cc(-c3n[nH]c4c3CCC(C)(C)C4)[nH]c2c1)N1CCCCC1=O.CC1CCCCN1C(C)C(=O)N(C)c1ccc2cc(-c3n[nH]c4c3CCC(C)(C)C4)[nH]c2c1.C[C@H](C(=O)N(C)c1ccc2cc(-c3n[nH]c4c3CCC(C)(C)C4)[nH]c2c1)N1CCCCC1. The third-order valence-corrected chi connectivity index (χ3v) is 30.1. The van der Waals surface area contributed by atoms with Gasteiger partial charge in [-0.15, -0.1) is 0 Å². The maximum absolute atomic E-state index is 13.3. The Bertz CT molecular complexity index is 6220. The molecule has 0 bridgehead atoms. The number of carbonyl (C=O) groups excluding carboxylic acids is 6. The zero-order chi connectivity index (χ0) is 91.7. The largest absolute Gasteiger partial charge is 0.353 e. The molecular formula is C104H136N20O6. The molecule has 4 fully saturated rings. The highest BCUT2D eigenvalue weighted by atomic mass is 16.2. The number of aromatic nitrogens is 12. The number of benzene rings is 4. The van der Waals surface area contributed by atoms with Gasteiger partial charge in [-0.05, 0) is 271 Å². The summed E-state index contributed by atoms with van der Waals surface area (Å²) in [4.78, 5) is 106. The van der Waals surface area contributed by atoms with E-state index in [1.165, 1.54) is 96.4 Å². The van der Waals surface area contributed by atoms with Crippen LogP contribution in [-0.4, -0.2) is 207 Å². The number of likely N-dealkylation sites (tertiary alicyclic amines) is 4. The van der Waals surface area contributed by atoms with Gasteiger partial charge in [-0.25, -0.2) is 0 Å². The lowest BCUT2D eigenvalue weighted by atomic mass is 9.76. The molecule has 26 heteroatoms. The molecule has 688 valence electrons. The van der Waals surface area contributed by atoms with Gasteiger partial charge in [0.2, 0.25) is 35.4 Å². The maximum Gasteiger partial charge on any atom is 0.249 e. The van der Waals surface area contributed by atoms with Crippen LogP contribution in [0.5, 0.6) is 0 Å². The number of amides is 6. The Hall–Kier alpha value is -11.4. The molecule has 6 amide bonds. The summed E-state index contributed by atoms with van der Waals surface area (Å²) in [5, 5.41) is 36.1. The first-order valence-corrected chi connectivity index (χ1v) is 48.0. The number of aromatic amines is 8. The number of rotatable bonds is 16. The third-order valence-electron chi connectivity index (χ3n) is 30.1. The molecule has 0 saturated carbocycles. The maximum atomic E-state index is 13.3. The van der Waals surface area contributed by atoms with Crippen molar-refractivity contribution in [2.24, 2.45) is 21.7 Å². The Morgan fingerprint density at radius 1 is 0.354 bits per heavy atom. The van der Waals surface area contributed by atoms with E-state index in [0.717, 1.165) is 215 Å². The Kier molecular flexibility index (Phi) is 25.4. The van der Waals surface area contributed by atoms with Crippen molar-refractivity contribution in [2.75, 3.05) is 80.5 Å². The zero-order valence-electron chi connectivity index (χ0n) is 79.7. The number of piperidine rings is 3. The number of fused-ring (bicyclic) bond motifs is 8. The third kappa shape index (κ3) is 18.7. The molecule has 8 N–H and O–H groups in total. The van der Waals surface area contributed by atoms with Gasteiger partial charge < -0.3 is 49.3 Å². The first-order valence-electron chi connectivity index (χ1n) is 48.0. The van der Waals surface area contributed by atoms with Crippen LogP contribution in [0.3, 0.4) is 0 Å². The number of hydrogen-bond donors (Lipinski definition) is 8. The van der Waals surface area contributed by atoms with Crippen molar-refractivity contribution < 1.29 is 28.8 Å². The van der Waals surface area contributed by atoms with Crippen molar-refractivity contribution >= 4 is 102 Å².